The summed E-state index contributed by atoms with van der Waals surface area (Å²) in [6.07, 6.45) is 0.231. The van der Waals surface area contributed by atoms with Crippen LogP contribution in [0.3, 0.4) is 0 Å². The number of ether oxygens (including phenoxy) is 1. The van der Waals surface area contributed by atoms with Crippen LogP contribution in [0, 0.1) is 0 Å². The zero-order valence-corrected chi connectivity index (χ0v) is 15.8. The molecule has 1 atom stereocenters. The van der Waals surface area contributed by atoms with Crippen molar-refractivity contribution in [1.29, 1.82) is 0 Å². The molecule has 8 nitrogen and oxygen atoms in total. The summed E-state index contributed by atoms with van der Waals surface area (Å²) in [5.41, 5.74) is 18.1. The van der Waals surface area contributed by atoms with Gasteiger partial charge < -0.3 is 27.0 Å². The third-order valence-electron chi connectivity index (χ3n) is 4.03. The second-order valence-electron chi connectivity index (χ2n) is 6.64. The zero-order chi connectivity index (χ0) is 20.8. The van der Waals surface area contributed by atoms with Gasteiger partial charge in [0.2, 0.25) is 0 Å². The van der Waals surface area contributed by atoms with Gasteiger partial charge in [0.05, 0.1) is 0 Å². The fourth-order valence-electron chi connectivity index (χ4n) is 2.57. The highest BCUT2D eigenvalue weighted by atomic mass is 16.5. The number of guanidine groups is 1. The maximum absolute atomic E-state index is 12.0. The Labute approximate surface area is 163 Å². The van der Waals surface area contributed by atoms with Crippen LogP contribution in [0.2, 0.25) is 0 Å². The van der Waals surface area contributed by atoms with Crippen molar-refractivity contribution < 1.29 is 19.4 Å². The third-order valence-corrected chi connectivity index (χ3v) is 4.03. The van der Waals surface area contributed by atoms with Gasteiger partial charge in [-0.2, -0.15) is 4.99 Å². The van der Waals surface area contributed by atoms with Crippen molar-refractivity contribution in [3.63, 3.8) is 0 Å². The molecule has 7 N–H and O–H groups in total. The lowest BCUT2D eigenvalue weighted by atomic mass is 9.99. The predicted octanol–water partition coefficient (Wildman–Crippen LogP) is 1.97. The number of carbonyl (C=O) groups is 2. The minimum absolute atomic E-state index is 0.0924. The molecule has 0 heterocycles. The van der Waals surface area contributed by atoms with Gasteiger partial charge in [0, 0.05) is 5.56 Å². The topological polar surface area (TPSA) is 154 Å². The van der Waals surface area contributed by atoms with Crippen molar-refractivity contribution in [1.82, 2.24) is 0 Å². The molecule has 0 saturated heterocycles. The number of carboxylic acid groups (broad SMARTS) is 1. The van der Waals surface area contributed by atoms with Gasteiger partial charge in [-0.3, -0.25) is 9.59 Å². The van der Waals surface area contributed by atoms with E-state index in [1.165, 1.54) is 0 Å². The Kier molecular flexibility index (Phi) is 6.73. The van der Waals surface area contributed by atoms with Crippen LogP contribution in [-0.4, -0.2) is 29.0 Å². The average Bonchev–Trinajstić information content (AvgIpc) is 2.62. The first-order valence-electron chi connectivity index (χ1n) is 8.70. The molecule has 0 aromatic heterocycles. The number of aliphatic imine (C=N–C) groups is 1. The molecule has 0 spiro atoms. The Morgan fingerprint density at radius 2 is 1.75 bits per heavy atom. The maximum atomic E-state index is 12.0. The molecule has 28 heavy (non-hydrogen) atoms. The van der Waals surface area contributed by atoms with Crippen LogP contribution < -0.4 is 21.9 Å². The Hall–Kier alpha value is -3.39. The summed E-state index contributed by atoms with van der Waals surface area (Å²) in [6.45, 7) is 3.96. The van der Waals surface area contributed by atoms with Crippen molar-refractivity contribution in [3.05, 3.63) is 59.2 Å². The molecule has 8 heteroatoms. The number of nitrogens with two attached hydrogens (primary N) is 3. The lowest BCUT2D eigenvalue weighted by Gasteiger charge is -2.15. The molecule has 0 fully saturated rings. The molecule has 2 rings (SSSR count). The van der Waals surface area contributed by atoms with Gasteiger partial charge in [-0.25, -0.2) is 0 Å². The van der Waals surface area contributed by atoms with Gasteiger partial charge in [0.15, 0.2) is 5.96 Å². The van der Waals surface area contributed by atoms with E-state index in [1.54, 1.807) is 42.5 Å². The van der Waals surface area contributed by atoms with Crippen molar-refractivity contribution in [3.8, 4) is 11.5 Å². The number of carbonyl (C=O) groups excluding carboxylic acids is 1. The van der Waals surface area contributed by atoms with Crippen LogP contribution in [-0.2, 0) is 11.2 Å². The molecule has 0 aliphatic heterocycles. The van der Waals surface area contributed by atoms with Crippen LogP contribution >= 0.6 is 0 Å². The highest BCUT2D eigenvalue weighted by molar-refractivity contribution is 6.02. The number of rotatable bonds is 7. The van der Waals surface area contributed by atoms with Crippen LogP contribution in [0.4, 0.5) is 0 Å². The van der Waals surface area contributed by atoms with Crippen LogP contribution in [0.15, 0.2) is 47.5 Å². The first kappa shape index (κ1) is 20.9. The summed E-state index contributed by atoms with van der Waals surface area (Å²) in [5, 5.41) is 8.89. The van der Waals surface area contributed by atoms with Gasteiger partial charge in [0.1, 0.15) is 17.5 Å². The van der Waals surface area contributed by atoms with Crippen molar-refractivity contribution >= 4 is 17.8 Å². The smallest absolute Gasteiger partial charge is 0.320 e. The molecule has 0 bridgehead atoms. The molecule has 2 aromatic rings. The second-order valence-corrected chi connectivity index (χ2v) is 6.64. The maximum Gasteiger partial charge on any atom is 0.320 e. The largest absolute Gasteiger partial charge is 0.480 e. The van der Waals surface area contributed by atoms with E-state index in [9.17, 15) is 9.59 Å². The normalized spacial score (nSPS) is 11.7. The second kappa shape index (κ2) is 9.01. The molecule has 1 amide bonds. The lowest BCUT2D eigenvalue weighted by molar-refractivity contribution is -0.138. The van der Waals surface area contributed by atoms with E-state index in [0.29, 0.717) is 17.1 Å². The fourth-order valence-corrected chi connectivity index (χ4v) is 2.57. The van der Waals surface area contributed by atoms with E-state index in [4.69, 9.17) is 27.0 Å². The van der Waals surface area contributed by atoms with E-state index < -0.39 is 17.9 Å². The van der Waals surface area contributed by atoms with Crippen molar-refractivity contribution in [2.24, 2.45) is 22.2 Å². The number of hydrogen-bond acceptors (Lipinski definition) is 4. The SMILES string of the molecule is CC(C)c1cc(C(=O)N=C(N)N)ccc1Oc1ccc(CC(N)C(=O)O)cc1. The van der Waals surface area contributed by atoms with Gasteiger partial charge in [-0.15, -0.1) is 0 Å². The molecule has 0 aliphatic rings. The lowest BCUT2D eigenvalue weighted by Crippen LogP contribution is -2.32. The molecular formula is C20H24N4O4. The Bertz CT molecular complexity index is 888. The standard InChI is InChI=1S/C20H24N4O4/c1-11(2)15-10-13(18(25)24-20(22)23)5-8-17(15)28-14-6-3-12(4-7-14)9-16(21)19(26)27/h3-8,10-11,16H,9,21H2,1-2H3,(H,26,27)(H4,22,23,24,25). The Morgan fingerprint density at radius 3 is 2.29 bits per heavy atom. The van der Waals surface area contributed by atoms with E-state index in [0.717, 1.165) is 11.1 Å². The number of hydrogen-bond donors (Lipinski definition) is 4. The summed E-state index contributed by atoms with van der Waals surface area (Å²) in [7, 11) is 0. The highest BCUT2D eigenvalue weighted by Crippen LogP contribution is 2.32. The number of nitrogens with zero attached hydrogens (tertiary/aromatic N) is 1. The number of amides is 1. The molecule has 1 unspecified atom stereocenters. The van der Waals surface area contributed by atoms with Crippen LogP contribution in [0.25, 0.3) is 0 Å². The summed E-state index contributed by atoms with van der Waals surface area (Å²) in [4.78, 5) is 26.4. The van der Waals surface area contributed by atoms with Crippen LogP contribution in [0.5, 0.6) is 11.5 Å². The third kappa shape index (κ3) is 5.55. The fraction of sp³-hybridized carbons (Fsp3) is 0.250. The van der Waals surface area contributed by atoms with E-state index in [1.807, 2.05) is 13.8 Å². The van der Waals surface area contributed by atoms with Crippen LogP contribution in [0.1, 0.15) is 41.3 Å². The van der Waals surface area contributed by atoms with E-state index in [2.05, 4.69) is 4.99 Å². The van der Waals surface area contributed by atoms with E-state index in [-0.39, 0.29) is 18.3 Å². The Balaban J connectivity index is 2.22. The van der Waals surface area contributed by atoms with Gasteiger partial charge >= 0.3 is 5.97 Å². The molecule has 148 valence electrons. The summed E-state index contributed by atoms with van der Waals surface area (Å²) in [5.74, 6) is -0.581. The number of benzene rings is 2. The summed E-state index contributed by atoms with van der Waals surface area (Å²) >= 11 is 0. The van der Waals surface area contributed by atoms with E-state index >= 15 is 0 Å². The van der Waals surface area contributed by atoms with Gasteiger partial charge in [0.25, 0.3) is 5.91 Å². The highest BCUT2D eigenvalue weighted by Gasteiger charge is 2.15. The number of carboxylic acids is 1. The van der Waals surface area contributed by atoms with Gasteiger partial charge in [-0.05, 0) is 53.8 Å². The molecule has 0 aliphatic carbocycles. The van der Waals surface area contributed by atoms with Crippen molar-refractivity contribution in [2.45, 2.75) is 32.2 Å². The number of aliphatic carboxylic acids is 1. The molecule has 0 radical (unpaired) electrons. The molecule has 2 aromatic carbocycles. The molecule has 0 saturated carbocycles. The summed E-state index contributed by atoms with van der Waals surface area (Å²) < 4.78 is 5.95. The van der Waals surface area contributed by atoms with Gasteiger partial charge in [-0.1, -0.05) is 26.0 Å². The minimum atomic E-state index is -1.04. The quantitative estimate of drug-likeness (QED) is 0.420. The minimum Gasteiger partial charge on any atom is -0.480 e. The average molecular weight is 384 g/mol. The first-order chi connectivity index (χ1) is 13.2. The summed E-state index contributed by atoms with van der Waals surface area (Å²) in [6, 6.07) is 11.1. The first-order valence-corrected chi connectivity index (χ1v) is 8.70. The molecular weight excluding hydrogens is 360 g/mol. The monoisotopic (exact) mass is 384 g/mol. The zero-order valence-electron chi connectivity index (χ0n) is 15.8. The predicted molar refractivity (Wildman–Crippen MR) is 107 cm³/mol. The van der Waals surface area contributed by atoms with Crippen molar-refractivity contribution in [2.75, 3.05) is 0 Å². The Morgan fingerprint density at radius 1 is 1.11 bits per heavy atom.